The van der Waals surface area contributed by atoms with E-state index in [9.17, 15) is 4.79 Å². The molecule has 2 aromatic heterocycles. The molecule has 6 nitrogen and oxygen atoms in total. The number of nitrogens with one attached hydrogen (secondary N) is 1. The molecule has 0 amide bonds. The van der Waals surface area contributed by atoms with E-state index in [0.717, 1.165) is 18.5 Å². The van der Waals surface area contributed by atoms with Crippen LogP contribution in [-0.4, -0.2) is 20.6 Å². The Labute approximate surface area is 179 Å². The van der Waals surface area contributed by atoms with E-state index in [1.165, 1.54) is 19.3 Å². The zero-order valence-corrected chi connectivity index (χ0v) is 17.2. The topological polar surface area (TPSA) is 85.8 Å². The van der Waals surface area contributed by atoms with Crippen molar-refractivity contribution in [2.24, 2.45) is 0 Å². The van der Waals surface area contributed by atoms with Crippen LogP contribution in [0.25, 0.3) is 27.9 Å². The predicted octanol–water partition coefficient (Wildman–Crippen LogP) is 4.85. The van der Waals surface area contributed by atoms with Gasteiger partial charge in [0.15, 0.2) is 5.65 Å². The summed E-state index contributed by atoms with van der Waals surface area (Å²) in [5.41, 5.74) is 8.80. The van der Waals surface area contributed by atoms with Crippen LogP contribution in [-0.2, 0) is 0 Å². The summed E-state index contributed by atoms with van der Waals surface area (Å²) >= 11 is 6.39. The number of nitrogens with two attached hydrogens (primary N) is 1. The van der Waals surface area contributed by atoms with Crippen molar-refractivity contribution in [2.75, 3.05) is 11.1 Å². The Kier molecular flexibility index (Phi) is 4.79. The van der Waals surface area contributed by atoms with Crippen LogP contribution < -0.4 is 16.6 Å². The number of nitrogen functional groups attached to an aromatic ring is 1. The third-order valence-electron chi connectivity index (χ3n) is 5.83. The highest BCUT2D eigenvalue weighted by atomic mass is 35.5. The Morgan fingerprint density at radius 1 is 1.17 bits per heavy atom. The predicted molar refractivity (Wildman–Crippen MR) is 123 cm³/mol. The van der Waals surface area contributed by atoms with Crippen LogP contribution in [0, 0.1) is 0 Å². The quantitative estimate of drug-likeness (QED) is 0.631. The van der Waals surface area contributed by atoms with Gasteiger partial charge in [-0.25, -0.2) is 4.98 Å². The number of fused-ring (bicyclic) bond motifs is 1. The first-order valence-corrected chi connectivity index (χ1v) is 10.6. The second-order valence-electron chi connectivity index (χ2n) is 7.77. The maximum absolute atomic E-state index is 13.6. The molecule has 30 heavy (non-hydrogen) atoms. The van der Waals surface area contributed by atoms with Crippen LogP contribution in [0.4, 0.5) is 11.6 Å². The van der Waals surface area contributed by atoms with Crippen molar-refractivity contribution in [3.63, 3.8) is 0 Å². The lowest BCUT2D eigenvalue weighted by Gasteiger charge is -2.23. The first-order chi connectivity index (χ1) is 14.6. The molecule has 1 aromatic carbocycles. The van der Waals surface area contributed by atoms with E-state index in [4.69, 9.17) is 22.3 Å². The zero-order chi connectivity index (χ0) is 20.7. The van der Waals surface area contributed by atoms with Crippen LogP contribution in [0.15, 0.2) is 53.5 Å². The fourth-order valence-electron chi connectivity index (χ4n) is 4.19. The summed E-state index contributed by atoms with van der Waals surface area (Å²) in [7, 11) is 0. The van der Waals surface area contributed by atoms with Gasteiger partial charge in [-0.3, -0.25) is 9.36 Å². The number of halogens is 1. The van der Waals surface area contributed by atoms with Crippen LogP contribution in [0.3, 0.4) is 0 Å². The Hall–Kier alpha value is -3.12. The average molecular weight is 420 g/mol. The molecule has 0 spiro atoms. The molecule has 0 aliphatic heterocycles. The first kappa shape index (κ1) is 18.9. The van der Waals surface area contributed by atoms with Gasteiger partial charge in [0.05, 0.1) is 22.3 Å². The molecule has 1 fully saturated rings. The van der Waals surface area contributed by atoms with Gasteiger partial charge in [-0.2, -0.15) is 4.98 Å². The van der Waals surface area contributed by atoms with E-state index < -0.39 is 0 Å². The number of nitrogens with zero attached hydrogens (tertiary/aromatic N) is 3. The molecule has 0 bridgehead atoms. The van der Waals surface area contributed by atoms with E-state index in [1.54, 1.807) is 22.9 Å². The number of aromatic nitrogens is 3. The summed E-state index contributed by atoms with van der Waals surface area (Å²) < 4.78 is 1.60. The summed E-state index contributed by atoms with van der Waals surface area (Å²) in [5.74, 6) is 0.524. The summed E-state index contributed by atoms with van der Waals surface area (Å²) in [6.07, 6.45) is 13.3. The van der Waals surface area contributed by atoms with E-state index in [0.29, 0.717) is 44.9 Å². The number of hydrogen-bond donors (Lipinski definition) is 2. The Morgan fingerprint density at radius 3 is 2.63 bits per heavy atom. The van der Waals surface area contributed by atoms with Gasteiger partial charge in [-0.1, -0.05) is 55.1 Å². The molecule has 7 heteroatoms. The molecule has 0 saturated heterocycles. The lowest BCUT2D eigenvalue weighted by Crippen LogP contribution is -2.26. The monoisotopic (exact) mass is 419 g/mol. The molecule has 3 N–H and O–H groups in total. The highest BCUT2D eigenvalue weighted by Crippen LogP contribution is 2.34. The molecular formula is C23H22ClN5O. The number of anilines is 2. The number of rotatable bonds is 4. The Bertz CT molecular complexity index is 1250. The lowest BCUT2D eigenvalue weighted by molar-refractivity contribution is 0.461. The van der Waals surface area contributed by atoms with Gasteiger partial charge in [0, 0.05) is 22.8 Å². The summed E-state index contributed by atoms with van der Waals surface area (Å²) in [4.78, 5) is 22.8. The van der Waals surface area contributed by atoms with Crippen LogP contribution in [0.5, 0.6) is 0 Å². The smallest absolute Gasteiger partial charge is 0.266 e. The largest absolute Gasteiger partial charge is 0.397 e. The second kappa shape index (κ2) is 7.61. The number of hydrogen-bond acceptors (Lipinski definition) is 5. The highest BCUT2D eigenvalue weighted by molar-refractivity contribution is 6.33. The molecular weight excluding hydrogens is 398 g/mol. The molecule has 0 unspecified atom stereocenters. The average Bonchev–Trinajstić information content (AvgIpc) is 2.72. The van der Waals surface area contributed by atoms with Gasteiger partial charge in [-0.15, -0.1) is 0 Å². The number of benzene rings is 1. The van der Waals surface area contributed by atoms with Gasteiger partial charge in [0.1, 0.15) is 0 Å². The maximum atomic E-state index is 13.6. The maximum Gasteiger partial charge on any atom is 0.266 e. The third kappa shape index (κ3) is 3.17. The fourth-order valence-corrected chi connectivity index (χ4v) is 4.42. The summed E-state index contributed by atoms with van der Waals surface area (Å²) in [5, 5.41) is 4.53. The van der Waals surface area contributed by atoms with Crippen molar-refractivity contribution in [1.82, 2.24) is 14.5 Å². The van der Waals surface area contributed by atoms with Crippen molar-refractivity contribution < 1.29 is 0 Å². The van der Waals surface area contributed by atoms with Crippen molar-refractivity contribution in [1.29, 1.82) is 0 Å². The first-order valence-electron chi connectivity index (χ1n) is 10.2. The second-order valence-corrected chi connectivity index (χ2v) is 8.18. The normalized spacial score (nSPS) is 16.4. The molecule has 2 aliphatic rings. The van der Waals surface area contributed by atoms with E-state index in [2.05, 4.69) is 10.3 Å². The Morgan fingerprint density at radius 2 is 1.93 bits per heavy atom. The highest BCUT2D eigenvalue weighted by Gasteiger charge is 2.22. The number of pyridine rings is 1. The van der Waals surface area contributed by atoms with Crippen LogP contribution in [0.2, 0.25) is 5.02 Å². The van der Waals surface area contributed by atoms with Gasteiger partial charge >= 0.3 is 0 Å². The summed E-state index contributed by atoms with van der Waals surface area (Å²) in [6, 6.07) is 7.58. The van der Waals surface area contributed by atoms with Gasteiger partial charge in [0.25, 0.3) is 5.56 Å². The molecule has 5 rings (SSSR count). The number of allylic oxidation sites excluding steroid dienone is 4. The molecule has 3 aromatic rings. The minimum absolute atomic E-state index is 0.244. The van der Waals surface area contributed by atoms with Gasteiger partial charge in [0.2, 0.25) is 5.95 Å². The molecule has 1 saturated carbocycles. The van der Waals surface area contributed by atoms with Crippen molar-refractivity contribution in [3.8, 4) is 11.1 Å². The minimum atomic E-state index is -0.244. The van der Waals surface area contributed by atoms with Crippen molar-refractivity contribution in [2.45, 2.75) is 38.1 Å². The van der Waals surface area contributed by atoms with Crippen LogP contribution in [0.1, 0.15) is 32.1 Å². The van der Waals surface area contributed by atoms with Gasteiger partial charge in [-0.05, 0) is 31.1 Å². The van der Waals surface area contributed by atoms with Gasteiger partial charge < -0.3 is 11.1 Å². The van der Waals surface area contributed by atoms with Crippen LogP contribution >= 0.6 is 11.6 Å². The van der Waals surface area contributed by atoms with E-state index in [1.807, 2.05) is 30.4 Å². The minimum Gasteiger partial charge on any atom is -0.397 e. The standard InChI is InChI=1S/C23H22ClN5O/c24-18-12-5-4-11-16(18)19-20(25)17-13-26-23(27-14-7-2-1-3-8-14)28-21(17)29(22(19)30)15-9-6-10-15/h4-6,9-14H,1-3,7-8,25H2,(H,26,27,28). The van der Waals surface area contributed by atoms with Crippen molar-refractivity contribution in [3.05, 3.63) is 64.1 Å². The van der Waals surface area contributed by atoms with Crippen molar-refractivity contribution >= 4 is 40.0 Å². The van der Waals surface area contributed by atoms with E-state index >= 15 is 0 Å². The fraction of sp³-hybridized carbons (Fsp3) is 0.261. The summed E-state index contributed by atoms with van der Waals surface area (Å²) in [6.45, 7) is 0. The SMILES string of the molecule is Nc1c(-c2ccccc2Cl)c(=O)n(C2=CC=C2)c2nc(NC3CCCCC3)ncc12. The molecule has 152 valence electrons. The molecule has 0 radical (unpaired) electrons. The molecule has 2 heterocycles. The third-order valence-corrected chi connectivity index (χ3v) is 6.16. The molecule has 2 aliphatic carbocycles. The lowest BCUT2D eigenvalue weighted by atomic mass is 9.96. The zero-order valence-electron chi connectivity index (χ0n) is 16.4. The Balaban J connectivity index is 1.70. The van der Waals surface area contributed by atoms with E-state index in [-0.39, 0.29) is 5.56 Å². The molecule has 0 atom stereocenters.